The summed E-state index contributed by atoms with van der Waals surface area (Å²) >= 11 is 0. The molecule has 1 fully saturated rings. The highest BCUT2D eigenvalue weighted by atomic mass is 16.1. The summed E-state index contributed by atoms with van der Waals surface area (Å²) in [5.41, 5.74) is 7.11. The fraction of sp³-hybridized carbons (Fsp3) is 0.529. The van der Waals surface area contributed by atoms with Gasteiger partial charge in [0.2, 0.25) is 0 Å². The maximum absolute atomic E-state index is 12.0. The summed E-state index contributed by atoms with van der Waals surface area (Å²) in [5.74, 6) is 0.213. The van der Waals surface area contributed by atoms with Crippen LogP contribution in [0, 0.1) is 6.42 Å². The van der Waals surface area contributed by atoms with E-state index in [2.05, 4.69) is 11.3 Å². The number of hydrogen-bond donors (Lipinski definition) is 1. The maximum Gasteiger partial charge on any atom is 0.162 e. The van der Waals surface area contributed by atoms with Crippen molar-refractivity contribution in [2.45, 2.75) is 38.5 Å². The van der Waals surface area contributed by atoms with Gasteiger partial charge in [0.25, 0.3) is 0 Å². The van der Waals surface area contributed by atoms with E-state index < -0.39 is 0 Å². The minimum Gasteiger partial charge on any atom is -0.399 e. The number of rotatable bonds is 7. The topological polar surface area (TPSA) is 46.3 Å². The second kappa shape index (κ2) is 8.05. The molecule has 0 aromatic heterocycles. The highest BCUT2D eigenvalue weighted by Gasteiger charge is 2.09. The lowest BCUT2D eigenvalue weighted by Gasteiger charge is -2.26. The van der Waals surface area contributed by atoms with Gasteiger partial charge in [-0.1, -0.05) is 18.6 Å². The summed E-state index contributed by atoms with van der Waals surface area (Å²) < 4.78 is 0. The number of Topliss-reactive ketones (excluding diaryl/α,β-unsaturated/α-hetero) is 1. The van der Waals surface area contributed by atoms with Gasteiger partial charge in [-0.2, -0.15) is 0 Å². The van der Waals surface area contributed by atoms with Crippen LogP contribution in [0.4, 0.5) is 5.69 Å². The number of likely N-dealkylation sites (tertiary alicyclic amines) is 1. The van der Waals surface area contributed by atoms with Crippen molar-refractivity contribution >= 4 is 11.5 Å². The van der Waals surface area contributed by atoms with Crippen molar-refractivity contribution in [3.63, 3.8) is 0 Å². The zero-order valence-electron chi connectivity index (χ0n) is 12.2. The van der Waals surface area contributed by atoms with E-state index in [-0.39, 0.29) is 5.78 Å². The van der Waals surface area contributed by atoms with Gasteiger partial charge in [-0.15, -0.1) is 0 Å². The molecule has 0 amide bonds. The summed E-state index contributed by atoms with van der Waals surface area (Å²) in [7, 11) is 0. The van der Waals surface area contributed by atoms with Crippen molar-refractivity contribution in [1.82, 2.24) is 4.90 Å². The van der Waals surface area contributed by atoms with Crippen LogP contribution in [0.5, 0.6) is 0 Å². The SMILES string of the molecule is Nc1cccc(C(=O)CCCCCN2CC[CH]CC2)c1. The molecule has 1 heterocycles. The van der Waals surface area contributed by atoms with Gasteiger partial charge in [0.1, 0.15) is 0 Å². The van der Waals surface area contributed by atoms with Gasteiger partial charge < -0.3 is 10.6 Å². The smallest absolute Gasteiger partial charge is 0.162 e. The first-order chi connectivity index (χ1) is 9.75. The number of nitrogen functional groups attached to an aromatic ring is 1. The van der Waals surface area contributed by atoms with Crippen molar-refractivity contribution in [1.29, 1.82) is 0 Å². The molecule has 0 atom stereocenters. The molecule has 1 aromatic carbocycles. The summed E-state index contributed by atoms with van der Waals surface area (Å²) in [5, 5.41) is 0. The molecule has 1 saturated heterocycles. The first-order valence-electron chi connectivity index (χ1n) is 7.68. The van der Waals surface area contributed by atoms with E-state index in [0.717, 1.165) is 18.4 Å². The number of piperidine rings is 1. The van der Waals surface area contributed by atoms with E-state index in [1.54, 1.807) is 6.07 Å². The Bertz CT molecular complexity index is 425. The van der Waals surface area contributed by atoms with Crippen LogP contribution >= 0.6 is 0 Å². The van der Waals surface area contributed by atoms with Gasteiger partial charge in [-0.25, -0.2) is 0 Å². The summed E-state index contributed by atoms with van der Waals surface area (Å²) in [6.07, 6.45) is 8.78. The molecular weight excluding hydrogens is 248 g/mol. The Labute approximate surface area is 122 Å². The van der Waals surface area contributed by atoms with Crippen LogP contribution in [0.15, 0.2) is 24.3 Å². The highest BCUT2D eigenvalue weighted by molar-refractivity contribution is 5.96. The minimum absolute atomic E-state index is 0.213. The molecule has 3 nitrogen and oxygen atoms in total. The van der Waals surface area contributed by atoms with Gasteiger partial charge >= 0.3 is 0 Å². The van der Waals surface area contributed by atoms with Crippen LogP contribution in [0.25, 0.3) is 0 Å². The van der Waals surface area contributed by atoms with Crippen LogP contribution in [0.2, 0.25) is 0 Å². The first kappa shape index (κ1) is 15.0. The molecule has 0 saturated carbocycles. The third kappa shape index (κ3) is 4.97. The largest absolute Gasteiger partial charge is 0.399 e. The summed E-state index contributed by atoms with van der Waals surface area (Å²) in [6.45, 7) is 3.60. The predicted molar refractivity (Wildman–Crippen MR) is 83.6 cm³/mol. The quantitative estimate of drug-likeness (QED) is 0.471. The molecule has 1 radical (unpaired) electrons. The van der Waals surface area contributed by atoms with Crippen molar-refractivity contribution in [2.24, 2.45) is 0 Å². The van der Waals surface area contributed by atoms with Crippen LogP contribution in [0.3, 0.4) is 0 Å². The number of hydrogen-bond acceptors (Lipinski definition) is 3. The van der Waals surface area contributed by atoms with Gasteiger partial charge in [0, 0.05) is 17.7 Å². The zero-order chi connectivity index (χ0) is 14.2. The standard InChI is InChI=1S/C17H25N2O/c18-16-9-7-8-15(14-16)17(20)10-3-1-4-11-19-12-5-2-6-13-19/h2,7-9,14H,1,3-6,10-13,18H2. The van der Waals surface area contributed by atoms with Crippen molar-refractivity contribution < 1.29 is 4.79 Å². The van der Waals surface area contributed by atoms with E-state index in [1.165, 1.54) is 38.9 Å². The lowest BCUT2D eigenvalue weighted by molar-refractivity contribution is 0.0978. The number of carbonyl (C=O) groups is 1. The first-order valence-corrected chi connectivity index (χ1v) is 7.68. The second-order valence-electron chi connectivity index (χ2n) is 5.57. The second-order valence-corrected chi connectivity index (χ2v) is 5.57. The number of nitrogens with zero attached hydrogens (tertiary/aromatic N) is 1. The number of benzene rings is 1. The molecule has 0 aliphatic carbocycles. The molecule has 2 N–H and O–H groups in total. The van der Waals surface area contributed by atoms with Crippen LogP contribution in [-0.4, -0.2) is 30.3 Å². The van der Waals surface area contributed by atoms with Gasteiger partial charge in [0.05, 0.1) is 0 Å². The number of nitrogens with two attached hydrogens (primary N) is 1. The lowest BCUT2D eigenvalue weighted by atomic mass is 10.0. The number of unbranched alkanes of at least 4 members (excludes halogenated alkanes) is 2. The Hall–Kier alpha value is -1.35. The third-order valence-electron chi connectivity index (χ3n) is 3.89. The van der Waals surface area contributed by atoms with Gasteiger partial charge in [0.15, 0.2) is 5.78 Å². The van der Waals surface area contributed by atoms with E-state index >= 15 is 0 Å². The highest BCUT2D eigenvalue weighted by Crippen LogP contribution is 2.13. The van der Waals surface area contributed by atoms with Crippen molar-refractivity contribution in [3.8, 4) is 0 Å². The molecular formula is C17H25N2O. The maximum atomic E-state index is 12.0. The van der Waals surface area contributed by atoms with Gasteiger partial charge in [-0.3, -0.25) is 4.79 Å². The van der Waals surface area contributed by atoms with Crippen LogP contribution in [0.1, 0.15) is 48.9 Å². The molecule has 1 aliphatic rings. The fourth-order valence-corrected chi connectivity index (χ4v) is 2.68. The molecule has 0 bridgehead atoms. The fourth-order valence-electron chi connectivity index (χ4n) is 2.68. The van der Waals surface area contributed by atoms with E-state index in [4.69, 9.17) is 5.73 Å². The molecule has 3 heteroatoms. The normalized spacial score (nSPS) is 16.2. The van der Waals surface area contributed by atoms with E-state index in [9.17, 15) is 4.79 Å². The van der Waals surface area contributed by atoms with Crippen molar-refractivity contribution in [3.05, 3.63) is 36.2 Å². The third-order valence-corrected chi connectivity index (χ3v) is 3.89. The Morgan fingerprint density at radius 1 is 1.15 bits per heavy atom. The molecule has 109 valence electrons. The Morgan fingerprint density at radius 3 is 2.70 bits per heavy atom. The number of anilines is 1. The zero-order valence-corrected chi connectivity index (χ0v) is 12.2. The number of ketones is 1. The molecule has 1 aliphatic heterocycles. The monoisotopic (exact) mass is 273 g/mol. The van der Waals surface area contributed by atoms with Crippen LogP contribution < -0.4 is 5.73 Å². The Kier molecular flexibility index (Phi) is 6.06. The Morgan fingerprint density at radius 2 is 1.95 bits per heavy atom. The summed E-state index contributed by atoms with van der Waals surface area (Å²) in [4.78, 5) is 14.5. The number of carbonyl (C=O) groups excluding carboxylic acids is 1. The lowest BCUT2D eigenvalue weighted by Crippen LogP contribution is -2.30. The van der Waals surface area contributed by atoms with Gasteiger partial charge in [-0.05, 0) is 63.9 Å². The molecule has 1 aromatic rings. The van der Waals surface area contributed by atoms with E-state index in [0.29, 0.717) is 12.1 Å². The minimum atomic E-state index is 0.213. The van der Waals surface area contributed by atoms with Crippen LogP contribution in [-0.2, 0) is 0 Å². The molecule has 2 rings (SSSR count). The summed E-state index contributed by atoms with van der Waals surface area (Å²) in [6, 6.07) is 7.28. The predicted octanol–water partition coefficient (Wildman–Crippen LogP) is 3.31. The molecule has 20 heavy (non-hydrogen) atoms. The van der Waals surface area contributed by atoms with E-state index in [1.807, 2.05) is 18.2 Å². The average Bonchev–Trinajstić information content (AvgIpc) is 2.48. The average molecular weight is 273 g/mol. The van der Waals surface area contributed by atoms with Crippen molar-refractivity contribution in [2.75, 3.05) is 25.4 Å². The molecule has 0 spiro atoms. The molecule has 0 unspecified atom stereocenters. The Balaban J connectivity index is 1.59.